The summed E-state index contributed by atoms with van der Waals surface area (Å²) in [5.74, 6) is 0.176. The van der Waals surface area contributed by atoms with E-state index < -0.39 is 16.1 Å². The van der Waals surface area contributed by atoms with Gasteiger partial charge in [0, 0.05) is 13.1 Å². The molecule has 2 aromatic carbocycles. The Hall–Kier alpha value is -2.58. The second-order valence-corrected chi connectivity index (χ2v) is 9.94. The predicted molar refractivity (Wildman–Crippen MR) is 118 cm³/mol. The van der Waals surface area contributed by atoms with Gasteiger partial charge in [-0.3, -0.25) is 9.10 Å². The van der Waals surface area contributed by atoms with Gasteiger partial charge in [0.2, 0.25) is 0 Å². The first-order valence-corrected chi connectivity index (χ1v) is 11.9. The van der Waals surface area contributed by atoms with Crippen molar-refractivity contribution in [1.82, 2.24) is 4.90 Å². The van der Waals surface area contributed by atoms with Crippen LogP contribution in [0.3, 0.4) is 0 Å². The molecule has 0 aliphatic carbocycles. The molecular formula is C23H28N2O5S. The van der Waals surface area contributed by atoms with Crippen LogP contribution in [-0.4, -0.2) is 58.2 Å². The number of morpholine rings is 1. The molecule has 2 aliphatic rings. The molecule has 0 spiro atoms. The summed E-state index contributed by atoms with van der Waals surface area (Å²) < 4.78 is 40.6. The Morgan fingerprint density at radius 2 is 1.61 bits per heavy atom. The summed E-state index contributed by atoms with van der Waals surface area (Å²) in [6.07, 6.45) is -0.908. The number of hydrogen-bond acceptors (Lipinski definition) is 5. The van der Waals surface area contributed by atoms with Crippen molar-refractivity contribution < 1.29 is 22.7 Å². The molecule has 2 heterocycles. The minimum atomic E-state index is -3.92. The molecule has 0 N–H and O–H groups in total. The Labute approximate surface area is 183 Å². The molecule has 0 radical (unpaired) electrons. The van der Waals surface area contributed by atoms with Crippen LogP contribution < -0.4 is 9.04 Å². The molecule has 2 aliphatic heterocycles. The van der Waals surface area contributed by atoms with Crippen molar-refractivity contribution in [1.29, 1.82) is 0 Å². The van der Waals surface area contributed by atoms with Crippen LogP contribution in [-0.2, 0) is 19.6 Å². The second kappa shape index (κ2) is 8.16. The number of para-hydroxylation sites is 2. The Morgan fingerprint density at radius 3 is 2.26 bits per heavy atom. The van der Waals surface area contributed by atoms with Crippen molar-refractivity contribution in [2.24, 2.45) is 0 Å². The third kappa shape index (κ3) is 3.78. The molecule has 0 aromatic heterocycles. The maximum atomic E-state index is 14.0. The normalized spacial score (nSPS) is 19.0. The number of amides is 1. The minimum Gasteiger partial charge on any atom is -0.476 e. The number of rotatable bonds is 3. The highest BCUT2D eigenvalue weighted by atomic mass is 32.2. The number of aryl methyl sites for hydroxylation is 2. The summed E-state index contributed by atoms with van der Waals surface area (Å²) in [5.41, 5.74) is 3.74. The van der Waals surface area contributed by atoms with Gasteiger partial charge in [-0.1, -0.05) is 18.2 Å². The summed E-state index contributed by atoms with van der Waals surface area (Å²) in [5, 5.41) is 0. The largest absolute Gasteiger partial charge is 0.476 e. The quantitative estimate of drug-likeness (QED) is 0.728. The minimum absolute atomic E-state index is 0.0680. The average molecular weight is 445 g/mol. The maximum Gasteiger partial charge on any atom is 0.265 e. The molecule has 1 saturated heterocycles. The number of anilines is 1. The number of nitrogens with zero attached hydrogens (tertiary/aromatic N) is 2. The topological polar surface area (TPSA) is 76.2 Å². The van der Waals surface area contributed by atoms with Gasteiger partial charge in [0.25, 0.3) is 15.9 Å². The fourth-order valence-corrected chi connectivity index (χ4v) is 6.28. The van der Waals surface area contributed by atoms with Crippen molar-refractivity contribution in [2.45, 2.75) is 38.7 Å². The summed E-state index contributed by atoms with van der Waals surface area (Å²) >= 11 is 0. The lowest BCUT2D eigenvalue weighted by molar-refractivity contribution is -0.142. The molecule has 1 atom stereocenters. The number of carbonyl (C=O) groups excluding carboxylic acids is 1. The second-order valence-electron chi connectivity index (χ2n) is 8.14. The number of fused-ring (bicyclic) bond motifs is 1. The van der Waals surface area contributed by atoms with Crippen LogP contribution in [0.4, 0.5) is 5.69 Å². The van der Waals surface area contributed by atoms with Gasteiger partial charge in [-0.05, 0) is 62.1 Å². The fourth-order valence-electron chi connectivity index (χ4n) is 4.22. The molecule has 7 nitrogen and oxygen atoms in total. The van der Waals surface area contributed by atoms with Crippen LogP contribution in [0.5, 0.6) is 5.75 Å². The fraction of sp³-hybridized carbons (Fsp3) is 0.435. The van der Waals surface area contributed by atoms with Crippen LogP contribution in [0.2, 0.25) is 0 Å². The predicted octanol–water partition coefficient (Wildman–Crippen LogP) is 2.74. The molecule has 1 fully saturated rings. The smallest absolute Gasteiger partial charge is 0.265 e. The van der Waals surface area contributed by atoms with Gasteiger partial charge in [0.05, 0.1) is 30.3 Å². The highest BCUT2D eigenvalue weighted by Crippen LogP contribution is 2.39. The number of sulfonamides is 1. The molecule has 166 valence electrons. The third-order valence-electron chi connectivity index (χ3n) is 6.18. The van der Waals surface area contributed by atoms with E-state index in [1.54, 1.807) is 29.2 Å². The molecule has 0 bridgehead atoms. The van der Waals surface area contributed by atoms with Gasteiger partial charge in [0.1, 0.15) is 5.75 Å². The number of benzene rings is 2. The van der Waals surface area contributed by atoms with Gasteiger partial charge >= 0.3 is 0 Å². The standard InChI is InChI=1S/C23H28N2O5S/c1-15-13-16(2)18(4)22(17(15)3)31(27,28)25-14-21(23(26)24-9-11-29-12-10-24)30-20-8-6-5-7-19(20)25/h5-8,13,21H,9-12,14H2,1-4H3/t21-/m1/s1. The zero-order valence-electron chi connectivity index (χ0n) is 18.3. The Bertz CT molecular complexity index is 1100. The van der Waals surface area contributed by atoms with Gasteiger partial charge in [-0.15, -0.1) is 0 Å². The molecule has 8 heteroatoms. The molecule has 31 heavy (non-hydrogen) atoms. The highest BCUT2D eigenvalue weighted by molar-refractivity contribution is 7.93. The van der Waals surface area contributed by atoms with Crippen molar-refractivity contribution in [3.8, 4) is 5.75 Å². The van der Waals surface area contributed by atoms with E-state index in [2.05, 4.69) is 0 Å². The van der Waals surface area contributed by atoms with E-state index in [4.69, 9.17) is 9.47 Å². The average Bonchev–Trinajstić information content (AvgIpc) is 2.77. The first-order chi connectivity index (χ1) is 14.7. The summed E-state index contributed by atoms with van der Waals surface area (Å²) in [6.45, 7) is 9.31. The van der Waals surface area contributed by atoms with E-state index in [1.807, 2.05) is 33.8 Å². The van der Waals surface area contributed by atoms with Crippen LogP contribution in [0, 0.1) is 27.7 Å². The van der Waals surface area contributed by atoms with Gasteiger partial charge < -0.3 is 14.4 Å². The lowest BCUT2D eigenvalue weighted by Crippen LogP contribution is -2.54. The van der Waals surface area contributed by atoms with Gasteiger partial charge in [-0.25, -0.2) is 8.42 Å². The van der Waals surface area contributed by atoms with E-state index in [-0.39, 0.29) is 12.5 Å². The van der Waals surface area contributed by atoms with Crippen LogP contribution in [0.1, 0.15) is 22.3 Å². The summed E-state index contributed by atoms with van der Waals surface area (Å²) in [4.78, 5) is 15.1. The lowest BCUT2D eigenvalue weighted by Gasteiger charge is -2.38. The van der Waals surface area contributed by atoms with Crippen molar-refractivity contribution in [2.75, 3.05) is 37.2 Å². The third-order valence-corrected chi connectivity index (χ3v) is 8.23. The van der Waals surface area contributed by atoms with E-state index >= 15 is 0 Å². The summed E-state index contributed by atoms with van der Waals surface area (Å²) in [6, 6.07) is 8.98. The van der Waals surface area contributed by atoms with Crippen LogP contribution in [0.25, 0.3) is 0 Å². The van der Waals surface area contributed by atoms with Gasteiger partial charge in [0.15, 0.2) is 6.10 Å². The van der Waals surface area contributed by atoms with Crippen molar-refractivity contribution >= 4 is 21.6 Å². The Kier molecular flexibility index (Phi) is 5.70. The number of hydrogen-bond donors (Lipinski definition) is 0. The Morgan fingerprint density at radius 1 is 1.00 bits per heavy atom. The molecule has 0 saturated carbocycles. The zero-order chi connectivity index (χ0) is 22.3. The summed E-state index contributed by atoms with van der Waals surface area (Å²) in [7, 11) is -3.92. The van der Waals surface area contributed by atoms with E-state index in [0.717, 1.165) is 22.3 Å². The molecule has 0 unspecified atom stereocenters. The van der Waals surface area contributed by atoms with Crippen molar-refractivity contribution in [3.05, 3.63) is 52.6 Å². The van der Waals surface area contributed by atoms with Gasteiger partial charge in [-0.2, -0.15) is 0 Å². The van der Waals surface area contributed by atoms with Crippen molar-refractivity contribution in [3.63, 3.8) is 0 Å². The molecule has 1 amide bonds. The SMILES string of the molecule is Cc1cc(C)c(C)c(S(=O)(=O)N2C[C@H](C(=O)N3CCOCC3)Oc3ccccc32)c1C. The lowest BCUT2D eigenvalue weighted by atomic mass is 10.0. The maximum absolute atomic E-state index is 14.0. The molecule has 4 rings (SSSR count). The first-order valence-electron chi connectivity index (χ1n) is 10.4. The van der Waals surface area contributed by atoms with E-state index in [9.17, 15) is 13.2 Å². The first kappa shape index (κ1) is 21.6. The van der Waals surface area contributed by atoms with Crippen LogP contribution in [0.15, 0.2) is 35.2 Å². The van der Waals surface area contributed by atoms with Crippen LogP contribution >= 0.6 is 0 Å². The Balaban J connectivity index is 1.79. The molecule has 2 aromatic rings. The van der Waals surface area contributed by atoms with E-state index in [0.29, 0.717) is 42.6 Å². The number of carbonyl (C=O) groups is 1. The monoisotopic (exact) mass is 444 g/mol. The number of ether oxygens (including phenoxy) is 2. The highest BCUT2D eigenvalue weighted by Gasteiger charge is 2.40. The van der Waals surface area contributed by atoms with E-state index in [1.165, 1.54) is 4.31 Å². The zero-order valence-corrected chi connectivity index (χ0v) is 19.2. The molecular weight excluding hydrogens is 416 g/mol.